The fraction of sp³-hybridized carbons (Fsp3) is 0.438. The molecule has 20 heavy (non-hydrogen) atoms. The van der Waals surface area contributed by atoms with Crippen molar-refractivity contribution in [2.75, 3.05) is 0 Å². The topological polar surface area (TPSA) is 35.3 Å². The third kappa shape index (κ3) is 3.34. The number of oxazole rings is 1. The van der Waals surface area contributed by atoms with Crippen molar-refractivity contribution >= 4 is 11.6 Å². The highest BCUT2D eigenvalue weighted by Gasteiger charge is 2.20. The Morgan fingerprint density at radius 1 is 1.25 bits per heavy atom. The maximum absolute atomic E-state index is 5.92. The van der Waals surface area contributed by atoms with Crippen molar-refractivity contribution in [3.63, 3.8) is 0 Å². The molecule has 1 aromatic heterocycles. The van der Waals surface area contributed by atoms with Gasteiger partial charge in [-0.2, -0.15) is 0 Å². The van der Waals surface area contributed by atoms with Crippen LogP contribution in [0, 0.1) is 0 Å². The summed E-state index contributed by atoms with van der Waals surface area (Å²) in [5, 5.41) is 0.672. The number of rotatable bonds is 4. The van der Waals surface area contributed by atoms with Crippen molar-refractivity contribution in [3.05, 3.63) is 47.1 Å². The van der Waals surface area contributed by atoms with Gasteiger partial charge in [-0.1, -0.05) is 36.9 Å². The number of nitrogens with zero attached hydrogens (tertiary/aromatic N) is 1. The lowest BCUT2D eigenvalue weighted by Crippen LogP contribution is -2.05. The van der Waals surface area contributed by atoms with Crippen molar-refractivity contribution in [2.45, 2.75) is 44.6 Å². The van der Waals surface area contributed by atoms with E-state index in [1.54, 1.807) is 12.3 Å². The molecule has 0 unspecified atom stereocenters. The first kappa shape index (κ1) is 13.5. The van der Waals surface area contributed by atoms with E-state index in [2.05, 4.69) is 4.98 Å². The minimum absolute atomic E-state index is 0.413. The molecule has 0 amide bonds. The Hall–Kier alpha value is -1.48. The van der Waals surface area contributed by atoms with Crippen molar-refractivity contribution in [1.82, 2.24) is 4.98 Å². The Morgan fingerprint density at radius 3 is 2.90 bits per heavy atom. The van der Waals surface area contributed by atoms with Gasteiger partial charge in [-0.15, -0.1) is 0 Å². The molecular weight excluding hydrogens is 274 g/mol. The molecule has 0 bridgehead atoms. The van der Waals surface area contributed by atoms with Crippen LogP contribution in [0.2, 0.25) is 5.02 Å². The number of hydrogen-bond acceptors (Lipinski definition) is 3. The molecule has 1 heterocycles. The highest BCUT2D eigenvalue weighted by molar-refractivity contribution is 6.30. The molecule has 1 fully saturated rings. The van der Waals surface area contributed by atoms with E-state index in [0.717, 1.165) is 17.3 Å². The van der Waals surface area contributed by atoms with Gasteiger partial charge in [0.05, 0.1) is 0 Å². The molecule has 3 nitrogen and oxygen atoms in total. The van der Waals surface area contributed by atoms with Gasteiger partial charge in [0.1, 0.15) is 24.3 Å². The van der Waals surface area contributed by atoms with Crippen LogP contribution in [0.25, 0.3) is 0 Å². The molecule has 106 valence electrons. The van der Waals surface area contributed by atoms with E-state index >= 15 is 0 Å². The molecule has 0 N–H and O–H groups in total. The molecule has 1 aromatic carbocycles. The maximum atomic E-state index is 5.92. The SMILES string of the molecule is Clc1cccc(OCc2coc(C3CCCCC3)n2)c1. The highest BCUT2D eigenvalue weighted by atomic mass is 35.5. The van der Waals surface area contributed by atoms with Crippen LogP contribution in [0.1, 0.15) is 49.6 Å². The molecule has 0 aliphatic heterocycles. The van der Waals surface area contributed by atoms with E-state index in [-0.39, 0.29) is 0 Å². The second-order valence-corrected chi connectivity index (χ2v) is 5.69. The largest absolute Gasteiger partial charge is 0.487 e. The Balaban J connectivity index is 1.59. The average molecular weight is 292 g/mol. The average Bonchev–Trinajstić information content (AvgIpc) is 2.95. The van der Waals surface area contributed by atoms with E-state index in [1.165, 1.54) is 32.1 Å². The van der Waals surface area contributed by atoms with Gasteiger partial charge in [-0.25, -0.2) is 4.98 Å². The lowest BCUT2D eigenvalue weighted by Gasteiger charge is -2.17. The van der Waals surface area contributed by atoms with Crippen molar-refractivity contribution < 1.29 is 9.15 Å². The molecule has 0 radical (unpaired) electrons. The van der Waals surface area contributed by atoms with Crippen LogP contribution in [0.5, 0.6) is 5.75 Å². The zero-order valence-corrected chi connectivity index (χ0v) is 12.1. The van der Waals surface area contributed by atoms with Gasteiger partial charge in [0, 0.05) is 10.9 Å². The summed E-state index contributed by atoms with van der Waals surface area (Å²) in [6.07, 6.45) is 7.98. The molecule has 0 atom stereocenters. The van der Waals surface area contributed by atoms with Crippen molar-refractivity contribution in [2.24, 2.45) is 0 Å². The lowest BCUT2D eigenvalue weighted by atomic mass is 9.89. The first-order valence-corrected chi connectivity index (χ1v) is 7.52. The Bertz CT molecular complexity index is 561. The van der Waals surface area contributed by atoms with Crippen LogP contribution < -0.4 is 4.74 Å². The molecule has 2 aromatic rings. The van der Waals surface area contributed by atoms with E-state index in [0.29, 0.717) is 17.5 Å². The molecule has 0 saturated heterocycles. The summed E-state index contributed by atoms with van der Waals surface area (Å²) < 4.78 is 11.3. The number of benzene rings is 1. The zero-order chi connectivity index (χ0) is 13.8. The summed E-state index contributed by atoms with van der Waals surface area (Å²) in [4.78, 5) is 4.55. The maximum Gasteiger partial charge on any atom is 0.197 e. The summed E-state index contributed by atoms with van der Waals surface area (Å²) in [6, 6.07) is 7.37. The molecule has 0 spiro atoms. The van der Waals surface area contributed by atoms with Crippen LogP contribution in [0.4, 0.5) is 0 Å². The van der Waals surface area contributed by atoms with E-state index in [9.17, 15) is 0 Å². The fourth-order valence-electron chi connectivity index (χ4n) is 2.64. The monoisotopic (exact) mass is 291 g/mol. The second kappa shape index (κ2) is 6.31. The van der Waals surface area contributed by atoms with Gasteiger partial charge in [-0.05, 0) is 31.0 Å². The van der Waals surface area contributed by atoms with Gasteiger partial charge in [0.25, 0.3) is 0 Å². The summed E-state index contributed by atoms with van der Waals surface area (Å²) in [5.41, 5.74) is 0.838. The third-order valence-corrected chi connectivity index (χ3v) is 3.94. The normalized spacial score (nSPS) is 16.2. The summed E-state index contributed by atoms with van der Waals surface area (Å²) in [6.45, 7) is 0.413. The lowest BCUT2D eigenvalue weighted by molar-refractivity contribution is 0.301. The molecule has 4 heteroatoms. The van der Waals surface area contributed by atoms with Gasteiger partial charge < -0.3 is 9.15 Å². The molecule has 3 rings (SSSR count). The Kier molecular flexibility index (Phi) is 4.26. The molecular formula is C16H18ClNO2. The first-order valence-electron chi connectivity index (χ1n) is 7.14. The first-order chi connectivity index (χ1) is 9.81. The molecule has 1 aliphatic rings. The Labute approximate surface area is 123 Å². The predicted octanol–water partition coefficient (Wildman–Crippen LogP) is 4.95. The van der Waals surface area contributed by atoms with Gasteiger partial charge >= 0.3 is 0 Å². The second-order valence-electron chi connectivity index (χ2n) is 5.26. The molecule has 1 aliphatic carbocycles. The summed E-state index contributed by atoms with van der Waals surface area (Å²) in [7, 11) is 0. The van der Waals surface area contributed by atoms with Crippen LogP contribution in [0.3, 0.4) is 0 Å². The van der Waals surface area contributed by atoms with E-state index in [4.69, 9.17) is 20.8 Å². The minimum Gasteiger partial charge on any atom is -0.487 e. The Morgan fingerprint density at radius 2 is 2.10 bits per heavy atom. The number of hydrogen-bond donors (Lipinski definition) is 0. The number of ether oxygens (including phenoxy) is 1. The summed E-state index contributed by atoms with van der Waals surface area (Å²) >= 11 is 5.92. The third-order valence-electron chi connectivity index (χ3n) is 3.71. The minimum atomic E-state index is 0.413. The van der Waals surface area contributed by atoms with Gasteiger partial charge in [0.2, 0.25) is 0 Å². The van der Waals surface area contributed by atoms with E-state index in [1.807, 2.05) is 18.2 Å². The number of halogens is 1. The number of aromatic nitrogens is 1. The van der Waals surface area contributed by atoms with Crippen molar-refractivity contribution in [1.29, 1.82) is 0 Å². The van der Waals surface area contributed by atoms with Crippen molar-refractivity contribution in [3.8, 4) is 5.75 Å². The summed E-state index contributed by atoms with van der Waals surface area (Å²) in [5.74, 6) is 2.11. The smallest absolute Gasteiger partial charge is 0.197 e. The predicted molar refractivity (Wildman–Crippen MR) is 78.1 cm³/mol. The highest BCUT2D eigenvalue weighted by Crippen LogP contribution is 2.32. The fourth-order valence-corrected chi connectivity index (χ4v) is 2.82. The van der Waals surface area contributed by atoms with Crippen LogP contribution in [0.15, 0.2) is 34.9 Å². The van der Waals surface area contributed by atoms with Crippen LogP contribution in [-0.2, 0) is 6.61 Å². The molecule has 1 saturated carbocycles. The van der Waals surface area contributed by atoms with Gasteiger partial charge in [0.15, 0.2) is 5.89 Å². The quantitative estimate of drug-likeness (QED) is 0.799. The van der Waals surface area contributed by atoms with E-state index < -0.39 is 0 Å². The zero-order valence-electron chi connectivity index (χ0n) is 11.3. The van der Waals surface area contributed by atoms with Crippen LogP contribution in [-0.4, -0.2) is 4.98 Å². The van der Waals surface area contributed by atoms with Crippen LogP contribution >= 0.6 is 11.6 Å². The standard InChI is InChI=1S/C16H18ClNO2/c17-13-7-4-8-15(9-13)19-10-14-11-20-16(18-14)12-5-2-1-3-6-12/h4,7-9,11-12H,1-3,5-6,10H2. The van der Waals surface area contributed by atoms with Gasteiger partial charge in [-0.3, -0.25) is 0 Å².